The standard InChI is InChI=1S/C44H30N4O4.C3H6.C2H6O.C2H6/c49-30-9-1-5-25(19-30)41-29-23-40(45-24-29)44(28-8-4-12-33(52)22-28)39-18-17-38(48-39)43(27-7-3-11-32(51)21-27)37-16-15-36(47-37)42(35-14-13-34(41)46-35)26-6-2-10-31(50)20-26;2*1-3-2;1-2/h1-24,46,48-52H;3H,1H2,2H3;1-2H3;1-2H3. The molecule has 2 aliphatic rings. The van der Waals surface area contributed by atoms with Crippen molar-refractivity contribution in [2.45, 2.75) is 20.8 Å². The van der Waals surface area contributed by atoms with Gasteiger partial charge in [0.25, 0.3) is 0 Å². The van der Waals surface area contributed by atoms with Crippen LogP contribution < -0.4 is 0 Å². The van der Waals surface area contributed by atoms with Crippen LogP contribution in [-0.4, -0.2) is 55.8 Å². The number of allylic oxidation sites excluding steroid dienone is 1. The number of aromatic hydroxyl groups is 4. The van der Waals surface area contributed by atoms with Crippen molar-refractivity contribution in [1.82, 2.24) is 15.0 Å². The van der Waals surface area contributed by atoms with Crippen molar-refractivity contribution < 1.29 is 25.2 Å². The Morgan fingerprint density at radius 3 is 1.23 bits per heavy atom. The summed E-state index contributed by atoms with van der Waals surface area (Å²) in [6.07, 6.45) is 7.47. The molecule has 5 heterocycles. The van der Waals surface area contributed by atoms with E-state index in [2.05, 4.69) is 21.3 Å². The molecule has 0 radical (unpaired) electrons. The lowest BCUT2D eigenvalue weighted by molar-refractivity contribution is 0.277. The molecule has 60 heavy (non-hydrogen) atoms. The highest BCUT2D eigenvalue weighted by atomic mass is 16.4. The van der Waals surface area contributed by atoms with E-state index in [1.807, 2.05) is 99.8 Å². The van der Waals surface area contributed by atoms with Gasteiger partial charge in [0.05, 0.1) is 17.1 Å². The minimum absolute atomic E-state index is 0.126. The second-order valence-electron chi connectivity index (χ2n) is 13.5. The molecule has 0 saturated carbocycles. The minimum Gasteiger partial charge on any atom is -0.508 e. The highest BCUT2D eigenvalue weighted by Gasteiger charge is 2.19. The van der Waals surface area contributed by atoms with Gasteiger partial charge in [0, 0.05) is 70.3 Å². The Hall–Kier alpha value is -7.62. The number of methoxy groups -OCH3 is 1. The van der Waals surface area contributed by atoms with Crippen molar-refractivity contribution in [3.8, 4) is 67.5 Å². The van der Waals surface area contributed by atoms with Gasteiger partial charge in [0.1, 0.15) is 23.0 Å². The Morgan fingerprint density at radius 2 is 0.850 bits per heavy atom. The predicted molar refractivity (Wildman–Crippen MR) is 248 cm³/mol. The Bertz CT molecular complexity index is 2510. The fourth-order valence-electron chi connectivity index (χ4n) is 7.10. The van der Waals surface area contributed by atoms with E-state index in [0.717, 1.165) is 72.1 Å². The van der Waals surface area contributed by atoms with Gasteiger partial charge in [0.15, 0.2) is 0 Å². The van der Waals surface area contributed by atoms with E-state index in [1.165, 1.54) is 0 Å². The molecule has 4 aromatic carbocycles. The number of nitrogens with zero attached hydrogens (tertiary/aromatic N) is 2. The molecular weight excluding hydrogens is 749 g/mol. The number of hydrogen-bond acceptors (Lipinski definition) is 7. The molecule has 7 aromatic rings. The van der Waals surface area contributed by atoms with Crippen molar-refractivity contribution >= 4 is 46.1 Å². The molecule has 0 atom stereocenters. The number of ether oxygens (including phenoxy) is 1. The van der Waals surface area contributed by atoms with E-state index < -0.39 is 0 Å². The lowest BCUT2D eigenvalue weighted by atomic mass is 10.00. The van der Waals surface area contributed by atoms with Gasteiger partial charge in [-0.3, -0.25) is 4.99 Å². The average Bonchev–Trinajstić information content (AvgIpc) is 4.08. The first-order valence-electron chi connectivity index (χ1n) is 19.5. The summed E-state index contributed by atoms with van der Waals surface area (Å²) < 4.78 is 4.25. The monoisotopic (exact) mass is 796 g/mol. The third kappa shape index (κ3) is 9.07. The first-order chi connectivity index (χ1) is 29.2. The SMILES string of the molecule is C=CC.CC.COC.Oc1cccc(-c2c3cc(c(-c4cccc(O)c4)c4ccc([nH]4)c(-c4cccc(O)c4)c4nc(c(-c5cccc(O)c5)c5ccc2[nH]5)C=C4)N=C3)c1. The highest BCUT2D eigenvalue weighted by molar-refractivity contribution is 6.05. The molecule has 9 nitrogen and oxygen atoms in total. The number of rotatable bonds is 4. The van der Waals surface area contributed by atoms with Crippen molar-refractivity contribution in [3.05, 3.63) is 157 Å². The second kappa shape index (κ2) is 19.2. The minimum atomic E-state index is 0.126. The lowest BCUT2D eigenvalue weighted by Gasteiger charge is -2.07. The average molecular weight is 797 g/mol. The van der Waals surface area contributed by atoms with Crippen LogP contribution in [0.25, 0.3) is 78.7 Å². The smallest absolute Gasteiger partial charge is 0.116 e. The summed E-state index contributed by atoms with van der Waals surface area (Å²) in [4.78, 5) is 17.4. The molecular formula is C51H48N4O5. The van der Waals surface area contributed by atoms with Crippen molar-refractivity contribution in [2.24, 2.45) is 4.99 Å². The molecule has 0 saturated heterocycles. The maximum absolute atomic E-state index is 10.6. The van der Waals surface area contributed by atoms with Crippen LogP contribution in [0.2, 0.25) is 0 Å². The van der Waals surface area contributed by atoms with Crippen LogP contribution in [0.4, 0.5) is 5.69 Å². The van der Waals surface area contributed by atoms with Gasteiger partial charge < -0.3 is 35.1 Å². The van der Waals surface area contributed by atoms with Crippen molar-refractivity contribution in [3.63, 3.8) is 0 Å². The molecule has 302 valence electrons. The van der Waals surface area contributed by atoms with E-state index in [0.29, 0.717) is 17.1 Å². The number of aliphatic imine (C=N–C) groups is 1. The molecule has 0 aliphatic carbocycles. The molecule has 9 heteroatoms. The first-order valence-corrected chi connectivity index (χ1v) is 19.5. The fraction of sp³-hybridized carbons (Fsp3) is 0.0980. The lowest BCUT2D eigenvalue weighted by Crippen LogP contribution is -1.88. The molecule has 0 fully saturated rings. The number of H-pyrrole nitrogens is 2. The van der Waals surface area contributed by atoms with Gasteiger partial charge in [0.2, 0.25) is 0 Å². The zero-order valence-corrected chi connectivity index (χ0v) is 34.2. The normalized spacial score (nSPS) is 11.0. The number of phenolic OH excluding ortho intramolecular Hbond substituents is 4. The van der Waals surface area contributed by atoms with E-state index in [-0.39, 0.29) is 23.0 Å². The van der Waals surface area contributed by atoms with E-state index >= 15 is 0 Å². The van der Waals surface area contributed by atoms with Gasteiger partial charge in [-0.1, -0.05) is 68.5 Å². The van der Waals surface area contributed by atoms with Crippen LogP contribution in [-0.2, 0) is 4.74 Å². The number of aromatic nitrogens is 3. The quantitative estimate of drug-likeness (QED) is 0.0977. The molecule has 2 aliphatic heterocycles. The molecule has 9 rings (SSSR count). The highest BCUT2D eigenvalue weighted by Crippen LogP contribution is 2.41. The Kier molecular flexibility index (Phi) is 13.5. The fourth-order valence-corrected chi connectivity index (χ4v) is 7.10. The van der Waals surface area contributed by atoms with Gasteiger partial charge >= 0.3 is 0 Å². The summed E-state index contributed by atoms with van der Waals surface area (Å²) in [6.45, 7) is 9.25. The summed E-state index contributed by atoms with van der Waals surface area (Å²) in [7, 11) is 3.25. The number of phenols is 4. The first kappa shape index (κ1) is 42.0. The third-order valence-electron chi connectivity index (χ3n) is 9.32. The summed E-state index contributed by atoms with van der Waals surface area (Å²) in [5.41, 5.74) is 12.1. The topological polar surface area (TPSA) is 147 Å². The van der Waals surface area contributed by atoms with Crippen molar-refractivity contribution in [1.29, 1.82) is 0 Å². The van der Waals surface area contributed by atoms with Crippen LogP contribution in [0.1, 0.15) is 37.7 Å². The van der Waals surface area contributed by atoms with Gasteiger partial charge in [-0.15, -0.1) is 6.58 Å². The molecule has 8 bridgehead atoms. The third-order valence-corrected chi connectivity index (χ3v) is 9.32. The largest absolute Gasteiger partial charge is 0.508 e. The van der Waals surface area contributed by atoms with Crippen LogP contribution in [0.15, 0.2) is 145 Å². The Labute approximate surface area is 349 Å². The van der Waals surface area contributed by atoms with Crippen LogP contribution in [0, 0.1) is 0 Å². The summed E-state index contributed by atoms with van der Waals surface area (Å²) in [5.74, 6) is 0.513. The van der Waals surface area contributed by atoms with Gasteiger partial charge in [-0.2, -0.15) is 0 Å². The maximum atomic E-state index is 10.6. The number of hydrogen-bond donors (Lipinski definition) is 6. The second-order valence-corrected chi connectivity index (χ2v) is 13.5. The van der Waals surface area contributed by atoms with Crippen molar-refractivity contribution in [2.75, 3.05) is 14.2 Å². The molecule has 0 unspecified atom stereocenters. The summed E-state index contributed by atoms with van der Waals surface area (Å²) in [5, 5.41) is 42.3. The van der Waals surface area contributed by atoms with E-state index in [4.69, 9.17) is 9.98 Å². The zero-order valence-electron chi connectivity index (χ0n) is 34.2. The van der Waals surface area contributed by atoms with E-state index in [1.54, 1.807) is 87.0 Å². The maximum Gasteiger partial charge on any atom is 0.116 e. The molecule has 3 aromatic heterocycles. The van der Waals surface area contributed by atoms with Crippen LogP contribution in [0.3, 0.4) is 0 Å². The number of benzene rings is 4. The van der Waals surface area contributed by atoms with Gasteiger partial charge in [-0.25, -0.2) is 4.98 Å². The molecule has 6 N–H and O–H groups in total. The van der Waals surface area contributed by atoms with E-state index in [9.17, 15) is 20.4 Å². The number of nitrogens with one attached hydrogen (secondary N) is 2. The summed E-state index contributed by atoms with van der Waals surface area (Å²) >= 11 is 0. The van der Waals surface area contributed by atoms with Crippen LogP contribution in [0.5, 0.6) is 23.0 Å². The van der Waals surface area contributed by atoms with Gasteiger partial charge in [-0.05, 0) is 120 Å². The summed E-state index contributed by atoms with van der Waals surface area (Å²) in [6, 6.07) is 38.3. The Balaban J connectivity index is 0.000000705. The molecule has 0 spiro atoms. The van der Waals surface area contributed by atoms with Crippen LogP contribution >= 0.6 is 0 Å². The number of aromatic amines is 2. The Morgan fingerprint density at radius 1 is 0.517 bits per heavy atom. The zero-order chi connectivity index (χ0) is 42.8. The number of fused-ring (bicyclic) bond motifs is 8. The molecule has 0 amide bonds. The predicted octanol–water partition coefficient (Wildman–Crippen LogP) is 12.8.